The average Bonchev–Trinajstić information content (AvgIpc) is 3.06. The Labute approximate surface area is 242 Å². The van der Waals surface area contributed by atoms with Gasteiger partial charge in [-0.25, -0.2) is 4.99 Å². The molecule has 0 saturated carbocycles. The van der Waals surface area contributed by atoms with Gasteiger partial charge in [-0.05, 0) is 25.3 Å². The number of anilines is 2. The Hall–Kier alpha value is -4.14. The summed E-state index contributed by atoms with van der Waals surface area (Å²) in [6.07, 6.45) is -16.1. The molecule has 1 aliphatic heterocycles. The molecule has 0 aromatic heterocycles. The van der Waals surface area contributed by atoms with Gasteiger partial charge in [-0.2, -0.15) is 26.3 Å². The van der Waals surface area contributed by atoms with Crippen LogP contribution in [-0.2, 0) is 14.4 Å². The third-order valence-corrected chi connectivity index (χ3v) is 6.72. The van der Waals surface area contributed by atoms with E-state index in [1.54, 1.807) is 48.5 Å². The molecule has 1 heterocycles. The largest absolute Gasteiger partial charge is 0.396 e. The molecule has 2 aromatic rings. The fraction of sp³-hybridized carbons (Fsp3) is 0.429. The summed E-state index contributed by atoms with van der Waals surface area (Å²) < 4.78 is 78.1. The number of nitrogens with two attached hydrogens (primary N) is 1. The summed E-state index contributed by atoms with van der Waals surface area (Å²) in [5.74, 6) is -7.37. The molecule has 15 heteroatoms. The number of para-hydroxylation sites is 1. The number of aliphatic hydroxyl groups excluding tert-OH is 1. The highest BCUT2D eigenvalue weighted by Gasteiger charge is 2.40. The maximum Gasteiger partial charge on any atom is 0.389 e. The zero-order chi connectivity index (χ0) is 31.8. The van der Waals surface area contributed by atoms with Crippen LogP contribution in [0.2, 0.25) is 0 Å². The number of rotatable bonds is 13. The first-order valence-electron chi connectivity index (χ1n) is 13.4. The van der Waals surface area contributed by atoms with E-state index in [1.807, 2.05) is 0 Å². The van der Waals surface area contributed by atoms with Gasteiger partial charge in [-0.1, -0.05) is 42.5 Å². The summed E-state index contributed by atoms with van der Waals surface area (Å²) in [6, 6.07) is 13.5. The molecule has 2 aromatic carbocycles. The van der Waals surface area contributed by atoms with Crippen LogP contribution in [0.25, 0.3) is 0 Å². The van der Waals surface area contributed by atoms with E-state index < -0.39 is 73.8 Å². The van der Waals surface area contributed by atoms with Gasteiger partial charge in [0.05, 0.1) is 17.1 Å². The van der Waals surface area contributed by atoms with Gasteiger partial charge in [0.25, 0.3) is 5.91 Å². The predicted octanol–water partition coefficient (Wildman–Crippen LogP) is 4.12. The van der Waals surface area contributed by atoms with Crippen LogP contribution in [0.1, 0.15) is 43.2 Å². The van der Waals surface area contributed by atoms with E-state index in [2.05, 4.69) is 20.9 Å². The van der Waals surface area contributed by atoms with Crippen molar-refractivity contribution in [3.8, 4) is 0 Å². The number of hydrogen-bond donors (Lipinski definition) is 5. The molecule has 0 fully saturated rings. The lowest BCUT2D eigenvalue weighted by Gasteiger charge is -2.26. The minimum absolute atomic E-state index is 0.0933. The van der Waals surface area contributed by atoms with E-state index in [0.717, 1.165) is 0 Å². The van der Waals surface area contributed by atoms with Gasteiger partial charge in [0.2, 0.25) is 18.0 Å². The maximum atomic E-state index is 13.4. The molecule has 0 radical (unpaired) electrons. The van der Waals surface area contributed by atoms with E-state index in [4.69, 9.17) is 10.8 Å². The van der Waals surface area contributed by atoms with Crippen molar-refractivity contribution in [2.45, 2.75) is 50.6 Å². The predicted molar refractivity (Wildman–Crippen MR) is 146 cm³/mol. The Morgan fingerprint density at radius 2 is 1.58 bits per heavy atom. The number of aliphatic imine (C=N–C) groups is 1. The topological polar surface area (TPSA) is 146 Å². The van der Waals surface area contributed by atoms with Crippen LogP contribution in [0.5, 0.6) is 0 Å². The Bertz CT molecular complexity index is 1320. The van der Waals surface area contributed by atoms with Crippen molar-refractivity contribution in [3.63, 3.8) is 0 Å². The molecule has 3 rings (SSSR count). The van der Waals surface area contributed by atoms with Crippen molar-refractivity contribution in [1.82, 2.24) is 5.32 Å². The van der Waals surface area contributed by atoms with Gasteiger partial charge in [0, 0.05) is 49.0 Å². The lowest BCUT2D eigenvalue weighted by Crippen LogP contribution is -2.48. The first-order chi connectivity index (χ1) is 20.2. The molecule has 0 saturated heterocycles. The summed E-state index contributed by atoms with van der Waals surface area (Å²) in [5.41, 5.74) is 7.16. The number of alkyl halides is 6. The summed E-state index contributed by atoms with van der Waals surface area (Å²) in [4.78, 5) is 43.2. The highest BCUT2D eigenvalue weighted by atomic mass is 19.4. The molecule has 0 spiro atoms. The second kappa shape index (κ2) is 14.4. The number of primary amides is 1. The number of amides is 3. The molecule has 234 valence electrons. The van der Waals surface area contributed by atoms with Gasteiger partial charge in [-0.15, -0.1) is 0 Å². The molecular formula is C28H31F6N5O4. The number of hydrogen-bond acceptors (Lipinski definition) is 6. The number of carbonyl (C=O) groups is 3. The van der Waals surface area contributed by atoms with E-state index in [-0.39, 0.29) is 18.0 Å². The van der Waals surface area contributed by atoms with Crippen LogP contribution in [0.15, 0.2) is 53.5 Å². The van der Waals surface area contributed by atoms with Crippen LogP contribution < -0.4 is 21.7 Å². The molecule has 9 nitrogen and oxygen atoms in total. The molecule has 0 bridgehead atoms. The Balaban J connectivity index is 2.01. The molecule has 0 unspecified atom stereocenters. The highest BCUT2D eigenvalue weighted by molar-refractivity contribution is 6.21. The first-order valence-corrected chi connectivity index (χ1v) is 13.4. The number of nitrogens with one attached hydrogen (secondary N) is 3. The monoisotopic (exact) mass is 615 g/mol. The van der Waals surface area contributed by atoms with Crippen molar-refractivity contribution in [1.29, 1.82) is 0 Å². The van der Waals surface area contributed by atoms with Gasteiger partial charge < -0.3 is 26.8 Å². The van der Waals surface area contributed by atoms with E-state index in [1.165, 1.54) is 0 Å². The maximum absolute atomic E-state index is 13.4. The minimum atomic E-state index is -4.79. The number of benzene rings is 2. The fourth-order valence-corrected chi connectivity index (χ4v) is 4.64. The molecule has 1 aliphatic rings. The zero-order valence-electron chi connectivity index (χ0n) is 22.8. The second-order valence-electron chi connectivity index (χ2n) is 9.90. The Morgan fingerprint density at radius 1 is 0.953 bits per heavy atom. The number of benzodiazepines with no additional fused rings is 1. The normalized spacial score (nSPS) is 16.7. The summed E-state index contributed by atoms with van der Waals surface area (Å²) in [5, 5.41) is 17.1. The smallest absolute Gasteiger partial charge is 0.389 e. The lowest BCUT2D eigenvalue weighted by atomic mass is 9.83. The number of carbonyl (C=O) groups excluding carboxylic acids is 3. The molecule has 6 N–H and O–H groups in total. The van der Waals surface area contributed by atoms with Gasteiger partial charge in [0.15, 0.2) is 0 Å². The SMILES string of the molecule is NC(=O)[C@@H](CCC(F)(F)F)[C@@H](CCC(F)(F)F)C(=O)N[C@H]1N=C(c2ccccc2)c2cccc(NCCCO)c2NC1=O. The fourth-order valence-electron chi connectivity index (χ4n) is 4.64. The van der Waals surface area contributed by atoms with Crippen LogP contribution in [0, 0.1) is 11.8 Å². The number of aliphatic hydroxyl groups is 1. The Kier molecular flexibility index (Phi) is 11.1. The van der Waals surface area contributed by atoms with E-state index in [0.29, 0.717) is 29.8 Å². The average molecular weight is 616 g/mol. The summed E-state index contributed by atoms with van der Waals surface area (Å²) >= 11 is 0. The van der Waals surface area contributed by atoms with Gasteiger partial charge >= 0.3 is 12.4 Å². The molecule has 3 amide bonds. The van der Waals surface area contributed by atoms with Gasteiger partial charge in [0.1, 0.15) is 0 Å². The van der Waals surface area contributed by atoms with E-state index >= 15 is 0 Å². The quantitative estimate of drug-likeness (QED) is 0.170. The highest BCUT2D eigenvalue weighted by Crippen LogP contribution is 2.34. The number of fused-ring (bicyclic) bond motifs is 1. The van der Waals surface area contributed by atoms with Crippen molar-refractivity contribution < 1.29 is 45.8 Å². The van der Waals surface area contributed by atoms with E-state index in [9.17, 15) is 40.7 Å². The Morgan fingerprint density at radius 3 is 2.16 bits per heavy atom. The first kappa shape index (κ1) is 33.4. The molecule has 0 aliphatic carbocycles. The summed E-state index contributed by atoms with van der Waals surface area (Å²) in [7, 11) is 0. The van der Waals surface area contributed by atoms with Crippen molar-refractivity contribution in [2.75, 3.05) is 23.8 Å². The summed E-state index contributed by atoms with van der Waals surface area (Å²) in [6.45, 7) is 0.248. The van der Waals surface area contributed by atoms with Crippen LogP contribution in [-0.4, -0.2) is 60.2 Å². The molecule has 3 atom stereocenters. The third kappa shape index (κ3) is 9.70. The molecular weight excluding hydrogens is 584 g/mol. The van der Waals surface area contributed by atoms with Crippen LogP contribution in [0.3, 0.4) is 0 Å². The number of halogens is 6. The van der Waals surface area contributed by atoms with Crippen molar-refractivity contribution in [2.24, 2.45) is 22.6 Å². The third-order valence-electron chi connectivity index (χ3n) is 6.72. The second-order valence-corrected chi connectivity index (χ2v) is 9.90. The van der Waals surface area contributed by atoms with Gasteiger partial charge in [-0.3, -0.25) is 14.4 Å². The minimum Gasteiger partial charge on any atom is -0.396 e. The van der Waals surface area contributed by atoms with Crippen LogP contribution >= 0.6 is 0 Å². The number of nitrogens with zero attached hydrogens (tertiary/aromatic N) is 1. The standard InChI is InChI=1S/C28H31F6N5O4/c29-27(30,31)12-10-17(23(35)41)18(11-13-28(32,33)34)25(42)39-24-26(43)38-22-19(8-4-9-20(22)36-14-5-15-40)21(37-24)16-6-2-1-3-7-16/h1-4,6-9,17-18,24,36,40H,5,10-15H2,(H2,35,41)(H,38,43)(H,39,42)/t17-,18+,24+/m0/s1. The molecule has 43 heavy (non-hydrogen) atoms. The van der Waals surface area contributed by atoms with Crippen LogP contribution in [0.4, 0.5) is 37.7 Å². The van der Waals surface area contributed by atoms with Crippen molar-refractivity contribution >= 4 is 34.8 Å². The van der Waals surface area contributed by atoms with Crippen molar-refractivity contribution in [3.05, 3.63) is 59.7 Å². The lowest BCUT2D eigenvalue weighted by molar-refractivity contribution is -0.152. The zero-order valence-corrected chi connectivity index (χ0v) is 22.8.